The minimum Gasteiger partial charge on any atom is -0.396 e. The largest absolute Gasteiger partial charge is 0.396 e. The Morgan fingerprint density at radius 3 is 2.27 bits per heavy atom. The van der Waals surface area contributed by atoms with Gasteiger partial charge < -0.3 is 24.7 Å². The molecule has 0 bridgehead atoms. The van der Waals surface area contributed by atoms with Crippen molar-refractivity contribution in [2.45, 2.75) is 32.4 Å². The molecule has 0 aromatic carbocycles. The van der Waals surface area contributed by atoms with Crippen molar-refractivity contribution in [3.63, 3.8) is 0 Å². The fourth-order valence-corrected chi connectivity index (χ4v) is 4.39. The zero-order chi connectivity index (χ0) is 21.1. The van der Waals surface area contributed by atoms with Crippen molar-refractivity contribution in [3.05, 3.63) is 30.4 Å². The van der Waals surface area contributed by atoms with Gasteiger partial charge in [0.15, 0.2) is 0 Å². The van der Waals surface area contributed by atoms with Crippen molar-refractivity contribution in [2.24, 2.45) is 0 Å². The van der Waals surface area contributed by atoms with E-state index >= 15 is 0 Å². The summed E-state index contributed by atoms with van der Waals surface area (Å²) in [5, 5.41) is 9.18. The standard InChI is InChI=1S/C21H32N8O/c1-16-14-28(19-4-7-22-18(24-19)6-13-30)15-17(2)29(16)20-5-8-23-21(25-20)27-11-9-26(3)10-12-27/h4-5,7-8,16-17,30H,6,9-15H2,1-3H3/t16-,17+. The van der Waals surface area contributed by atoms with E-state index in [0.717, 1.165) is 56.9 Å². The molecule has 0 saturated carbocycles. The molecule has 2 fully saturated rings. The zero-order valence-corrected chi connectivity index (χ0v) is 18.1. The van der Waals surface area contributed by atoms with Crippen LogP contribution in [0.15, 0.2) is 24.5 Å². The lowest BCUT2D eigenvalue weighted by molar-refractivity contribution is 0.296. The fourth-order valence-electron chi connectivity index (χ4n) is 4.39. The SMILES string of the molecule is C[C@@H]1CN(c2ccnc(CCO)n2)C[C@H](C)N1c1ccnc(N2CCN(C)CC2)n1. The Hall–Kier alpha value is -2.52. The Morgan fingerprint density at radius 1 is 0.900 bits per heavy atom. The van der Waals surface area contributed by atoms with Gasteiger partial charge in [-0.15, -0.1) is 0 Å². The van der Waals surface area contributed by atoms with Crippen molar-refractivity contribution < 1.29 is 5.11 Å². The molecule has 2 aliphatic heterocycles. The normalized spacial score (nSPS) is 23.1. The first-order valence-electron chi connectivity index (χ1n) is 10.8. The topological polar surface area (TPSA) is 84.7 Å². The zero-order valence-electron chi connectivity index (χ0n) is 18.1. The van der Waals surface area contributed by atoms with Crippen molar-refractivity contribution in [2.75, 3.05) is 67.6 Å². The van der Waals surface area contributed by atoms with E-state index < -0.39 is 0 Å². The van der Waals surface area contributed by atoms with Crippen LogP contribution in [-0.4, -0.2) is 94.9 Å². The molecule has 9 nitrogen and oxygen atoms in total. The van der Waals surface area contributed by atoms with Gasteiger partial charge in [-0.25, -0.2) is 15.0 Å². The summed E-state index contributed by atoms with van der Waals surface area (Å²) in [5.41, 5.74) is 0. The first-order chi connectivity index (χ1) is 14.5. The number of rotatable bonds is 5. The maximum atomic E-state index is 9.18. The monoisotopic (exact) mass is 412 g/mol. The molecule has 0 unspecified atom stereocenters. The van der Waals surface area contributed by atoms with Gasteiger partial charge in [-0.2, -0.15) is 4.98 Å². The summed E-state index contributed by atoms with van der Waals surface area (Å²) in [5.74, 6) is 3.42. The number of aliphatic hydroxyl groups is 1. The number of hydrogen-bond acceptors (Lipinski definition) is 9. The average Bonchev–Trinajstić information content (AvgIpc) is 2.74. The Balaban J connectivity index is 1.49. The predicted octanol–water partition coefficient (Wildman–Crippen LogP) is 0.657. The molecule has 4 heterocycles. The van der Waals surface area contributed by atoms with Gasteiger partial charge in [0.25, 0.3) is 0 Å². The fraction of sp³-hybridized carbons (Fsp3) is 0.619. The molecule has 2 aromatic rings. The van der Waals surface area contributed by atoms with Crippen LogP contribution in [0.3, 0.4) is 0 Å². The quantitative estimate of drug-likeness (QED) is 0.761. The maximum Gasteiger partial charge on any atom is 0.227 e. The summed E-state index contributed by atoms with van der Waals surface area (Å²) in [7, 11) is 2.15. The summed E-state index contributed by atoms with van der Waals surface area (Å²) in [6.07, 6.45) is 4.14. The van der Waals surface area contributed by atoms with E-state index in [1.165, 1.54) is 0 Å². The predicted molar refractivity (Wildman–Crippen MR) is 118 cm³/mol. The van der Waals surface area contributed by atoms with Crippen LogP contribution in [0.25, 0.3) is 0 Å². The molecule has 9 heteroatoms. The van der Waals surface area contributed by atoms with Crippen molar-refractivity contribution in [3.8, 4) is 0 Å². The maximum absolute atomic E-state index is 9.18. The smallest absolute Gasteiger partial charge is 0.227 e. The van der Waals surface area contributed by atoms with E-state index in [0.29, 0.717) is 12.2 Å². The highest BCUT2D eigenvalue weighted by molar-refractivity contribution is 5.49. The molecule has 2 saturated heterocycles. The van der Waals surface area contributed by atoms with Crippen LogP contribution in [-0.2, 0) is 6.42 Å². The second-order valence-corrected chi connectivity index (χ2v) is 8.32. The summed E-state index contributed by atoms with van der Waals surface area (Å²) in [6, 6.07) is 4.53. The number of anilines is 3. The highest BCUT2D eigenvalue weighted by Gasteiger charge is 2.31. The van der Waals surface area contributed by atoms with Crippen LogP contribution < -0.4 is 14.7 Å². The second kappa shape index (κ2) is 9.09. The second-order valence-electron chi connectivity index (χ2n) is 8.32. The van der Waals surface area contributed by atoms with Crippen LogP contribution in [0.4, 0.5) is 17.6 Å². The number of nitrogens with zero attached hydrogens (tertiary/aromatic N) is 8. The Kier molecular flexibility index (Phi) is 6.29. The lowest BCUT2D eigenvalue weighted by Gasteiger charge is -2.45. The average molecular weight is 413 g/mol. The molecule has 0 spiro atoms. The van der Waals surface area contributed by atoms with E-state index in [4.69, 9.17) is 4.98 Å². The lowest BCUT2D eigenvalue weighted by atomic mass is 10.1. The lowest BCUT2D eigenvalue weighted by Crippen LogP contribution is -2.57. The highest BCUT2D eigenvalue weighted by Crippen LogP contribution is 2.26. The van der Waals surface area contributed by atoms with Gasteiger partial charge in [-0.05, 0) is 33.0 Å². The third-order valence-electron chi connectivity index (χ3n) is 5.95. The van der Waals surface area contributed by atoms with Crippen molar-refractivity contribution >= 4 is 17.6 Å². The number of piperazine rings is 2. The minimum absolute atomic E-state index is 0.0629. The Morgan fingerprint density at radius 2 is 1.57 bits per heavy atom. The van der Waals surface area contributed by atoms with E-state index in [9.17, 15) is 5.11 Å². The van der Waals surface area contributed by atoms with Gasteiger partial charge in [0.1, 0.15) is 17.5 Å². The summed E-state index contributed by atoms with van der Waals surface area (Å²) in [4.78, 5) is 27.7. The molecular weight excluding hydrogens is 380 g/mol. The molecule has 2 aromatic heterocycles. The minimum atomic E-state index is 0.0629. The highest BCUT2D eigenvalue weighted by atomic mass is 16.3. The Bertz CT molecular complexity index is 829. The van der Waals surface area contributed by atoms with E-state index in [2.05, 4.69) is 55.4 Å². The molecule has 0 radical (unpaired) electrons. The van der Waals surface area contributed by atoms with E-state index in [1.54, 1.807) is 6.20 Å². The first-order valence-corrected chi connectivity index (χ1v) is 10.8. The van der Waals surface area contributed by atoms with Crippen molar-refractivity contribution in [1.29, 1.82) is 0 Å². The third-order valence-corrected chi connectivity index (χ3v) is 5.95. The van der Waals surface area contributed by atoms with E-state index in [-0.39, 0.29) is 18.7 Å². The summed E-state index contributed by atoms with van der Waals surface area (Å²) < 4.78 is 0. The molecule has 1 N–H and O–H groups in total. The van der Waals surface area contributed by atoms with Gasteiger partial charge >= 0.3 is 0 Å². The van der Waals surface area contributed by atoms with E-state index in [1.807, 2.05) is 18.3 Å². The molecule has 2 aliphatic rings. The molecule has 0 aliphatic carbocycles. The van der Waals surface area contributed by atoms with Gasteiger partial charge in [-0.1, -0.05) is 0 Å². The molecule has 0 amide bonds. The third kappa shape index (κ3) is 4.46. The number of aliphatic hydroxyl groups excluding tert-OH is 1. The number of aromatic nitrogens is 4. The molecule has 162 valence electrons. The van der Waals surface area contributed by atoms with Gasteiger partial charge in [0, 0.05) is 70.2 Å². The van der Waals surface area contributed by atoms with Crippen LogP contribution >= 0.6 is 0 Å². The molecule has 30 heavy (non-hydrogen) atoms. The molecular formula is C21H32N8O. The Labute approximate surface area is 178 Å². The number of hydrogen-bond donors (Lipinski definition) is 1. The van der Waals surface area contributed by atoms with Gasteiger partial charge in [0.05, 0.1) is 6.61 Å². The molecule has 2 atom stereocenters. The number of likely N-dealkylation sites (N-methyl/N-ethyl adjacent to an activating group) is 1. The first kappa shape index (κ1) is 20.7. The van der Waals surface area contributed by atoms with Gasteiger partial charge in [0.2, 0.25) is 5.95 Å². The summed E-state index contributed by atoms with van der Waals surface area (Å²) in [6.45, 7) is 10.2. The van der Waals surface area contributed by atoms with Gasteiger partial charge in [-0.3, -0.25) is 0 Å². The van der Waals surface area contributed by atoms with Crippen LogP contribution in [0.1, 0.15) is 19.7 Å². The van der Waals surface area contributed by atoms with Crippen LogP contribution in [0, 0.1) is 0 Å². The summed E-state index contributed by atoms with van der Waals surface area (Å²) >= 11 is 0. The van der Waals surface area contributed by atoms with Crippen LogP contribution in [0.5, 0.6) is 0 Å². The van der Waals surface area contributed by atoms with Crippen LogP contribution in [0.2, 0.25) is 0 Å². The molecule has 4 rings (SSSR count). The van der Waals surface area contributed by atoms with Crippen molar-refractivity contribution in [1.82, 2.24) is 24.8 Å².